The van der Waals surface area contributed by atoms with E-state index in [9.17, 15) is 9.59 Å². The third-order valence-electron chi connectivity index (χ3n) is 4.56. The molecule has 2 aromatic carbocycles. The number of nitrogens with two attached hydrogens (primary N) is 1. The number of benzene rings is 2. The lowest BCUT2D eigenvalue weighted by Crippen LogP contribution is -2.37. The van der Waals surface area contributed by atoms with Gasteiger partial charge in [0.25, 0.3) is 0 Å². The first kappa shape index (κ1) is 19.8. The molecule has 1 atom stereocenters. The van der Waals surface area contributed by atoms with Crippen molar-refractivity contribution in [1.29, 1.82) is 0 Å². The van der Waals surface area contributed by atoms with Gasteiger partial charge in [-0.1, -0.05) is 41.9 Å². The maximum Gasteiger partial charge on any atom is 0.312 e. The lowest BCUT2D eigenvalue weighted by molar-refractivity contribution is -0.121. The van der Waals surface area contributed by atoms with Crippen molar-refractivity contribution in [1.82, 2.24) is 15.2 Å². The van der Waals surface area contributed by atoms with Crippen LogP contribution in [0.4, 0.5) is 4.79 Å². The molecule has 146 valence electrons. The summed E-state index contributed by atoms with van der Waals surface area (Å²) in [6.07, 6.45) is 2.97. The van der Waals surface area contributed by atoms with Crippen LogP contribution in [0.1, 0.15) is 24.4 Å². The number of carbonyl (C=O) groups excluding carboxylic acids is 2. The number of fused-ring (bicyclic) bond motifs is 1. The highest BCUT2D eigenvalue weighted by Gasteiger charge is 2.17. The van der Waals surface area contributed by atoms with Gasteiger partial charge in [0.2, 0.25) is 5.91 Å². The molecule has 3 aromatic rings. The first-order chi connectivity index (χ1) is 13.5. The minimum Gasteiger partial charge on any atom is -0.356 e. The topological polar surface area (TPSA) is 89.2 Å². The molecular formula is C21H23ClN4O2. The van der Waals surface area contributed by atoms with Gasteiger partial charge in [-0.2, -0.15) is 0 Å². The molecule has 0 saturated carbocycles. The third-order valence-corrected chi connectivity index (χ3v) is 4.81. The zero-order valence-electron chi connectivity index (χ0n) is 15.4. The molecular weight excluding hydrogens is 376 g/mol. The van der Waals surface area contributed by atoms with Crippen molar-refractivity contribution in [2.75, 3.05) is 6.54 Å². The Hall–Kier alpha value is -2.99. The van der Waals surface area contributed by atoms with Gasteiger partial charge in [0, 0.05) is 29.8 Å². The number of hydrogen-bond acceptors (Lipinski definition) is 2. The zero-order chi connectivity index (χ0) is 19.9. The summed E-state index contributed by atoms with van der Waals surface area (Å²) in [6, 6.07) is 16.1. The Morgan fingerprint density at radius 2 is 1.82 bits per heavy atom. The monoisotopic (exact) mass is 398 g/mol. The van der Waals surface area contributed by atoms with E-state index in [2.05, 4.69) is 39.6 Å². The van der Waals surface area contributed by atoms with Crippen LogP contribution >= 0.6 is 11.6 Å². The van der Waals surface area contributed by atoms with Crippen LogP contribution in [0.3, 0.4) is 0 Å². The fourth-order valence-electron chi connectivity index (χ4n) is 3.19. The van der Waals surface area contributed by atoms with Crippen LogP contribution in [0.15, 0.2) is 60.8 Å². The third kappa shape index (κ3) is 5.27. The summed E-state index contributed by atoms with van der Waals surface area (Å²) < 4.78 is 2.17. The molecule has 1 aromatic heterocycles. The predicted octanol–water partition coefficient (Wildman–Crippen LogP) is 3.60. The van der Waals surface area contributed by atoms with Crippen LogP contribution in [0.2, 0.25) is 5.02 Å². The number of primary amides is 1. The molecule has 4 N–H and O–H groups in total. The van der Waals surface area contributed by atoms with E-state index < -0.39 is 12.1 Å². The molecule has 0 aliphatic heterocycles. The van der Waals surface area contributed by atoms with Crippen molar-refractivity contribution >= 4 is 34.4 Å². The Labute approximate surface area is 168 Å². The number of nitrogens with zero attached hydrogens (tertiary/aromatic N) is 1. The molecule has 6 nitrogen and oxygen atoms in total. The van der Waals surface area contributed by atoms with Gasteiger partial charge < -0.3 is 20.9 Å². The van der Waals surface area contributed by atoms with Crippen molar-refractivity contribution in [3.63, 3.8) is 0 Å². The van der Waals surface area contributed by atoms with Crippen molar-refractivity contribution in [2.24, 2.45) is 5.73 Å². The largest absolute Gasteiger partial charge is 0.356 e. The predicted molar refractivity (Wildman–Crippen MR) is 111 cm³/mol. The van der Waals surface area contributed by atoms with Crippen LogP contribution in [0.5, 0.6) is 0 Å². The number of hydrogen-bond donors (Lipinski definition) is 3. The Kier molecular flexibility index (Phi) is 6.55. The minimum atomic E-state index is -0.674. The number of carbonyl (C=O) groups is 2. The molecule has 0 aliphatic rings. The molecule has 0 saturated heterocycles. The van der Waals surface area contributed by atoms with Crippen molar-refractivity contribution in [3.8, 4) is 0 Å². The van der Waals surface area contributed by atoms with Crippen LogP contribution in [-0.2, 0) is 11.3 Å². The van der Waals surface area contributed by atoms with Crippen LogP contribution in [-0.4, -0.2) is 23.1 Å². The van der Waals surface area contributed by atoms with E-state index >= 15 is 0 Å². The second kappa shape index (κ2) is 9.28. The lowest BCUT2D eigenvalue weighted by atomic mass is 10.0. The van der Waals surface area contributed by atoms with Crippen molar-refractivity contribution in [2.45, 2.75) is 25.4 Å². The summed E-state index contributed by atoms with van der Waals surface area (Å²) in [5.74, 6) is -0.147. The van der Waals surface area contributed by atoms with Gasteiger partial charge >= 0.3 is 6.03 Å². The number of nitrogens with one attached hydrogen (secondary N) is 2. The quantitative estimate of drug-likeness (QED) is 0.506. The molecule has 0 radical (unpaired) electrons. The number of aryl methyl sites for hydroxylation is 1. The average molecular weight is 399 g/mol. The summed E-state index contributed by atoms with van der Waals surface area (Å²) >= 11 is 5.90. The summed E-state index contributed by atoms with van der Waals surface area (Å²) in [6.45, 7) is 1.36. The van der Waals surface area contributed by atoms with Crippen LogP contribution in [0, 0.1) is 0 Å². The fraction of sp³-hybridized carbons (Fsp3) is 0.238. The highest BCUT2D eigenvalue weighted by atomic mass is 35.5. The Bertz CT molecular complexity index is 952. The van der Waals surface area contributed by atoms with E-state index in [4.69, 9.17) is 17.3 Å². The van der Waals surface area contributed by atoms with Gasteiger partial charge in [0.05, 0.1) is 12.5 Å². The Morgan fingerprint density at radius 1 is 1.07 bits per heavy atom. The molecule has 0 bridgehead atoms. The number of rotatable bonds is 8. The zero-order valence-corrected chi connectivity index (χ0v) is 16.2. The van der Waals surface area contributed by atoms with E-state index in [1.165, 1.54) is 10.9 Å². The van der Waals surface area contributed by atoms with E-state index in [0.29, 0.717) is 11.6 Å². The van der Waals surface area contributed by atoms with Gasteiger partial charge in [0.15, 0.2) is 0 Å². The van der Waals surface area contributed by atoms with Gasteiger partial charge in [-0.3, -0.25) is 4.79 Å². The number of amides is 3. The average Bonchev–Trinajstić information content (AvgIpc) is 3.08. The Balaban J connectivity index is 1.50. The smallest absolute Gasteiger partial charge is 0.312 e. The molecule has 3 rings (SSSR count). The summed E-state index contributed by atoms with van der Waals surface area (Å²) in [5.41, 5.74) is 7.20. The Morgan fingerprint density at radius 3 is 2.57 bits per heavy atom. The van der Waals surface area contributed by atoms with Crippen LogP contribution in [0.25, 0.3) is 10.9 Å². The number of para-hydroxylation sites is 1. The summed E-state index contributed by atoms with van der Waals surface area (Å²) in [4.78, 5) is 23.6. The maximum atomic E-state index is 12.3. The standard InChI is InChI=1S/C21H23ClN4O2/c22-17-8-6-15(7-9-17)18(25-21(23)28)14-20(27)24-11-3-12-26-13-10-16-4-1-2-5-19(16)26/h1-2,4-10,13,18H,3,11-12,14H2,(H,24,27)(H3,23,25,28)/t18-/m0/s1. The highest BCUT2D eigenvalue weighted by molar-refractivity contribution is 6.30. The van der Waals surface area contributed by atoms with Gasteiger partial charge in [-0.25, -0.2) is 4.79 Å². The number of urea groups is 1. The van der Waals surface area contributed by atoms with Gasteiger partial charge in [-0.15, -0.1) is 0 Å². The van der Waals surface area contributed by atoms with E-state index in [0.717, 1.165) is 18.5 Å². The molecule has 3 amide bonds. The van der Waals surface area contributed by atoms with Gasteiger partial charge in [0.1, 0.15) is 0 Å². The lowest BCUT2D eigenvalue weighted by Gasteiger charge is -2.18. The molecule has 7 heteroatoms. The van der Waals surface area contributed by atoms with Crippen molar-refractivity contribution < 1.29 is 9.59 Å². The second-order valence-corrected chi connectivity index (χ2v) is 7.02. The first-order valence-corrected chi connectivity index (χ1v) is 9.53. The summed E-state index contributed by atoms with van der Waals surface area (Å²) in [5, 5.41) is 7.31. The molecule has 28 heavy (non-hydrogen) atoms. The normalized spacial score (nSPS) is 11.9. The molecule has 0 fully saturated rings. The minimum absolute atomic E-state index is 0.108. The van der Waals surface area contributed by atoms with E-state index in [1.54, 1.807) is 24.3 Å². The molecule has 0 aliphatic carbocycles. The molecule has 0 spiro atoms. The fourth-order valence-corrected chi connectivity index (χ4v) is 3.32. The second-order valence-electron chi connectivity index (χ2n) is 6.59. The SMILES string of the molecule is NC(=O)N[C@@H](CC(=O)NCCCn1ccc2ccccc21)c1ccc(Cl)cc1. The van der Waals surface area contributed by atoms with Gasteiger partial charge in [-0.05, 0) is 41.6 Å². The van der Waals surface area contributed by atoms with E-state index in [1.807, 2.05) is 12.1 Å². The molecule has 1 heterocycles. The van der Waals surface area contributed by atoms with Crippen LogP contribution < -0.4 is 16.4 Å². The van der Waals surface area contributed by atoms with Crippen molar-refractivity contribution in [3.05, 3.63) is 71.4 Å². The molecule has 0 unspecified atom stereocenters. The van der Waals surface area contributed by atoms with E-state index in [-0.39, 0.29) is 12.3 Å². The first-order valence-electron chi connectivity index (χ1n) is 9.15. The number of aromatic nitrogens is 1. The highest BCUT2D eigenvalue weighted by Crippen LogP contribution is 2.19. The number of halogens is 1. The maximum absolute atomic E-state index is 12.3. The summed E-state index contributed by atoms with van der Waals surface area (Å²) in [7, 11) is 0.